The molecular weight excluding hydrogens is 530 g/mol. The first-order valence-corrected chi connectivity index (χ1v) is 12.6. The molecule has 12 heteroatoms. The number of alkyl halides is 6. The van der Waals surface area contributed by atoms with Crippen molar-refractivity contribution in [1.29, 1.82) is 0 Å². The fourth-order valence-electron chi connectivity index (χ4n) is 3.91. The minimum absolute atomic E-state index is 0.272. The summed E-state index contributed by atoms with van der Waals surface area (Å²) >= 11 is 0. The molecule has 2 rings (SSSR count). The highest BCUT2D eigenvalue weighted by molar-refractivity contribution is 5.94. The molecule has 0 aliphatic carbocycles. The van der Waals surface area contributed by atoms with Gasteiger partial charge < -0.3 is 19.3 Å². The lowest BCUT2D eigenvalue weighted by Crippen LogP contribution is -2.32. The number of hydrogen-bond donors (Lipinski definition) is 0. The van der Waals surface area contributed by atoms with Gasteiger partial charge in [0, 0.05) is 37.3 Å². The van der Waals surface area contributed by atoms with Crippen LogP contribution in [0.5, 0.6) is 11.5 Å². The highest BCUT2D eigenvalue weighted by atomic mass is 19.4. The van der Waals surface area contributed by atoms with Gasteiger partial charge in [0.1, 0.15) is 11.5 Å². The molecule has 0 spiro atoms. The predicted octanol–water partition coefficient (Wildman–Crippen LogP) is 7.06. The molecule has 0 saturated carbocycles. The van der Waals surface area contributed by atoms with E-state index in [0.717, 1.165) is 56.4 Å². The average molecular weight is 563 g/mol. The van der Waals surface area contributed by atoms with Crippen molar-refractivity contribution in [2.75, 3.05) is 26.2 Å². The van der Waals surface area contributed by atoms with Crippen LogP contribution < -0.4 is 9.47 Å². The van der Waals surface area contributed by atoms with Crippen molar-refractivity contribution in [1.82, 2.24) is 9.80 Å². The molecule has 6 nitrogen and oxygen atoms in total. The minimum Gasteiger partial charge on any atom is -0.406 e. The Bertz CT molecular complexity index is 957. The lowest BCUT2D eigenvalue weighted by molar-refractivity contribution is -0.275. The lowest BCUT2D eigenvalue weighted by atomic mass is 10.1. The Morgan fingerprint density at radius 2 is 0.897 bits per heavy atom. The first-order valence-electron chi connectivity index (χ1n) is 12.6. The van der Waals surface area contributed by atoms with Crippen molar-refractivity contribution in [3.63, 3.8) is 0 Å². The van der Waals surface area contributed by atoms with Gasteiger partial charge in [-0.2, -0.15) is 0 Å². The number of amides is 2. The van der Waals surface area contributed by atoms with Gasteiger partial charge in [0.15, 0.2) is 0 Å². The molecule has 0 saturated heterocycles. The van der Waals surface area contributed by atoms with E-state index in [1.165, 1.54) is 24.3 Å². The molecule has 0 aliphatic rings. The van der Waals surface area contributed by atoms with E-state index < -0.39 is 12.7 Å². The zero-order valence-electron chi connectivity index (χ0n) is 21.8. The van der Waals surface area contributed by atoms with E-state index in [4.69, 9.17) is 0 Å². The Labute approximate surface area is 223 Å². The third kappa shape index (κ3) is 11.5. The Balaban J connectivity index is 1.71. The molecule has 0 heterocycles. The normalized spacial score (nSPS) is 11.7. The molecule has 0 N–H and O–H groups in total. The fourth-order valence-corrected chi connectivity index (χ4v) is 3.91. The maximum absolute atomic E-state index is 12.7. The molecule has 0 atom stereocenters. The summed E-state index contributed by atoms with van der Waals surface area (Å²) in [5.74, 6) is -1.32. The van der Waals surface area contributed by atoms with Gasteiger partial charge in [-0.25, -0.2) is 0 Å². The van der Waals surface area contributed by atoms with E-state index in [2.05, 4.69) is 9.47 Å². The van der Waals surface area contributed by atoms with Crippen LogP contribution in [-0.2, 0) is 0 Å². The molecular formula is C27H32F6N2O4. The van der Waals surface area contributed by atoms with Crippen LogP contribution in [-0.4, -0.2) is 60.5 Å². The standard InChI is InChI=1S/C27H32F6N2O4/c1-3-34(24(36)20-10-14-22(15-11-20)38-26(28,29)30)18-8-6-5-7-9-19-35(4-2)25(37)21-12-16-23(17-13-21)39-27(31,32)33/h10-17H,3-9,18-19H2,1-2H3. The number of hydrogen-bond acceptors (Lipinski definition) is 4. The number of carbonyl (C=O) groups is 2. The summed E-state index contributed by atoms with van der Waals surface area (Å²) in [5.41, 5.74) is 0.552. The Morgan fingerprint density at radius 1 is 0.590 bits per heavy atom. The van der Waals surface area contributed by atoms with Gasteiger partial charge in [0.2, 0.25) is 0 Å². The van der Waals surface area contributed by atoms with Gasteiger partial charge in [0.25, 0.3) is 11.8 Å². The third-order valence-corrected chi connectivity index (χ3v) is 5.86. The van der Waals surface area contributed by atoms with Crippen molar-refractivity contribution >= 4 is 11.8 Å². The van der Waals surface area contributed by atoms with Gasteiger partial charge in [-0.3, -0.25) is 9.59 Å². The van der Waals surface area contributed by atoms with Crippen molar-refractivity contribution in [2.24, 2.45) is 0 Å². The zero-order chi connectivity index (χ0) is 29.1. The smallest absolute Gasteiger partial charge is 0.406 e. The quantitative estimate of drug-likeness (QED) is 0.183. The molecule has 0 radical (unpaired) electrons. The summed E-state index contributed by atoms with van der Waals surface area (Å²) in [4.78, 5) is 28.6. The Kier molecular flexibility index (Phi) is 11.9. The van der Waals surface area contributed by atoms with Gasteiger partial charge in [-0.05, 0) is 75.2 Å². The summed E-state index contributed by atoms with van der Waals surface area (Å²) in [5, 5.41) is 0. The molecule has 0 bridgehead atoms. The summed E-state index contributed by atoms with van der Waals surface area (Å²) in [7, 11) is 0. The molecule has 0 aliphatic heterocycles. The number of benzene rings is 2. The fraction of sp³-hybridized carbons (Fsp3) is 0.481. The second-order valence-corrected chi connectivity index (χ2v) is 8.68. The van der Waals surface area contributed by atoms with E-state index in [0.29, 0.717) is 26.2 Å². The predicted molar refractivity (Wildman–Crippen MR) is 132 cm³/mol. The number of ether oxygens (including phenoxy) is 2. The first-order chi connectivity index (χ1) is 18.3. The molecule has 39 heavy (non-hydrogen) atoms. The third-order valence-electron chi connectivity index (χ3n) is 5.86. The Hall–Kier alpha value is -3.44. The maximum atomic E-state index is 12.7. The van der Waals surface area contributed by atoms with E-state index in [1.807, 2.05) is 13.8 Å². The Morgan fingerprint density at radius 3 is 1.18 bits per heavy atom. The van der Waals surface area contributed by atoms with Crippen molar-refractivity contribution in [3.05, 3.63) is 59.7 Å². The number of rotatable bonds is 14. The molecule has 0 unspecified atom stereocenters. The van der Waals surface area contributed by atoms with Crippen LogP contribution in [0.1, 0.15) is 66.7 Å². The maximum Gasteiger partial charge on any atom is 0.573 e. The second-order valence-electron chi connectivity index (χ2n) is 8.68. The zero-order valence-corrected chi connectivity index (χ0v) is 21.8. The van der Waals surface area contributed by atoms with Crippen molar-refractivity contribution in [2.45, 2.75) is 58.7 Å². The second kappa shape index (κ2) is 14.6. The van der Waals surface area contributed by atoms with E-state index >= 15 is 0 Å². The number of nitrogens with zero attached hydrogens (tertiary/aromatic N) is 2. The van der Waals surface area contributed by atoms with Crippen LogP contribution in [0, 0.1) is 0 Å². The summed E-state index contributed by atoms with van der Waals surface area (Å²) in [6.07, 6.45) is -5.52. The van der Waals surface area contributed by atoms with Gasteiger partial charge in [-0.1, -0.05) is 19.3 Å². The highest BCUT2D eigenvalue weighted by Gasteiger charge is 2.32. The molecule has 0 aromatic heterocycles. The van der Waals surface area contributed by atoms with Crippen molar-refractivity contribution < 1.29 is 45.4 Å². The van der Waals surface area contributed by atoms with Crippen LogP contribution in [0.4, 0.5) is 26.3 Å². The monoisotopic (exact) mass is 562 g/mol. The van der Waals surface area contributed by atoms with Crippen LogP contribution in [0.15, 0.2) is 48.5 Å². The van der Waals surface area contributed by atoms with Crippen LogP contribution in [0.25, 0.3) is 0 Å². The molecule has 2 aromatic rings. The minimum atomic E-state index is -4.80. The van der Waals surface area contributed by atoms with E-state index in [-0.39, 0.29) is 34.4 Å². The van der Waals surface area contributed by atoms with E-state index in [1.54, 1.807) is 9.80 Å². The van der Waals surface area contributed by atoms with Crippen LogP contribution in [0.3, 0.4) is 0 Å². The molecule has 2 aromatic carbocycles. The van der Waals surface area contributed by atoms with Crippen LogP contribution >= 0.6 is 0 Å². The topological polar surface area (TPSA) is 59.1 Å². The van der Waals surface area contributed by atoms with Crippen molar-refractivity contribution in [3.8, 4) is 11.5 Å². The summed E-state index contributed by atoms with van der Waals surface area (Å²) < 4.78 is 81.5. The van der Waals surface area contributed by atoms with Crippen LogP contribution in [0.2, 0.25) is 0 Å². The number of halogens is 6. The average Bonchev–Trinajstić information content (AvgIpc) is 2.86. The van der Waals surface area contributed by atoms with Gasteiger partial charge in [0.05, 0.1) is 0 Å². The summed E-state index contributed by atoms with van der Waals surface area (Å²) in [6.45, 7) is 5.57. The lowest BCUT2D eigenvalue weighted by Gasteiger charge is -2.22. The van der Waals surface area contributed by atoms with E-state index in [9.17, 15) is 35.9 Å². The number of unbranched alkanes of at least 4 members (excludes halogenated alkanes) is 4. The largest absolute Gasteiger partial charge is 0.573 e. The molecule has 2 amide bonds. The number of carbonyl (C=O) groups excluding carboxylic acids is 2. The SMILES string of the molecule is CCN(CCCCCCCN(CC)C(=O)c1ccc(OC(F)(F)F)cc1)C(=O)c1ccc(OC(F)(F)F)cc1. The van der Waals surface area contributed by atoms with Gasteiger partial charge >= 0.3 is 12.7 Å². The molecule has 216 valence electrons. The summed E-state index contributed by atoms with van der Waals surface area (Å²) in [6, 6.07) is 9.64. The molecule has 0 fully saturated rings. The van der Waals surface area contributed by atoms with Gasteiger partial charge in [-0.15, -0.1) is 26.3 Å². The highest BCUT2D eigenvalue weighted by Crippen LogP contribution is 2.24. The first kappa shape index (κ1) is 31.8.